The minimum atomic E-state index is -0.714. The number of hydrogen-bond donors (Lipinski definition) is 1. The lowest BCUT2D eigenvalue weighted by Crippen LogP contribution is -2.27. The van der Waals surface area contributed by atoms with Crippen molar-refractivity contribution in [3.63, 3.8) is 0 Å². The van der Waals surface area contributed by atoms with Crippen LogP contribution in [0.1, 0.15) is 37.3 Å². The molecule has 104 valence electrons. The fourth-order valence-electron chi connectivity index (χ4n) is 3.19. The minimum Gasteiger partial charge on any atom is -0.481 e. The fraction of sp³-hybridized carbons (Fsp3) is 0.769. The van der Waals surface area contributed by atoms with Crippen molar-refractivity contribution >= 4 is 5.97 Å². The lowest BCUT2D eigenvalue weighted by atomic mass is 9.97. The average Bonchev–Trinajstić information content (AvgIpc) is 3.03. The van der Waals surface area contributed by atoms with Crippen LogP contribution in [0.25, 0.3) is 0 Å². The van der Waals surface area contributed by atoms with Gasteiger partial charge in [0.25, 0.3) is 0 Å². The summed E-state index contributed by atoms with van der Waals surface area (Å²) in [6.45, 7) is 6.19. The van der Waals surface area contributed by atoms with Gasteiger partial charge in [0.15, 0.2) is 0 Å². The first-order chi connectivity index (χ1) is 9.19. The van der Waals surface area contributed by atoms with Crippen LogP contribution >= 0.6 is 0 Å². The third-order valence-electron chi connectivity index (χ3n) is 4.42. The summed E-state index contributed by atoms with van der Waals surface area (Å²) >= 11 is 0. The van der Waals surface area contributed by atoms with Crippen LogP contribution in [-0.2, 0) is 17.8 Å². The first-order valence-corrected chi connectivity index (χ1v) is 7.06. The number of rotatable bonds is 3. The summed E-state index contributed by atoms with van der Waals surface area (Å²) in [5.74, 6) is 1.37. The van der Waals surface area contributed by atoms with E-state index < -0.39 is 5.97 Å². The largest absolute Gasteiger partial charge is 0.481 e. The monoisotopic (exact) mass is 264 g/mol. The van der Waals surface area contributed by atoms with Gasteiger partial charge in [0.05, 0.1) is 5.92 Å². The number of nitrogens with zero attached hydrogens (tertiary/aromatic N) is 4. The van der Waals surface area contributed by atoms with E-state index in [-0.39, 0.29) is 5.92 Å². The molecule has 6 heteroatoms. The Kier molecular flexibility index (Phi) is 3.26. The maximum atomic E-state index is 11.0. The first-order valence-electron chi connectivity index (χ1n) is 7.06. The van der Waals surface area contributed by atoms with Crippen molar-refractivity contribution in [1.29, 1.82) is 0 Å². The van der Waals surface area contributed by atoms with Crippen molar-refractivity contribution in [1.82, 2.24) is 19.7 Å². The Morgan fingerprint density at radius 1 is 1.37 bits per heavy atom. The van der Waals surface area contributed by atoms with Crippen molar-refractivity contribution in [2.45, 2.75) is 38.6 Å². The maximum Gasteiger partial charge on any atom is 0.307 e. The van der Waals surface area contributed by atoms with Crippen molar-refractivity contribution < 1.29 is 9.90 Å². The van der Waals surface area contributed by atoms with E-state index in [1.165, 1.54) is 0 Å². The summed E-state index contributed by atoms with van der Waals surface area (Å²) in [4.78, 5) is 13.5. The molecule has 3 rings (SSSR count). The molecule has 1 N–H and O–H groups in total. The third kappa shape index (κ3) is 2.25. The van der Waals surface area contributed by atoms with Gasteiger partial charge in [-0.25, -0.2) is 0 Å². The van der Waals surface area contributed by atoms with Crippen molar-refractivity contribution in [2.75, 3.05) is 19.6 Å². The van der Waals surface area contributed by atoms with Crippen LogP contribution in [0.4, 0.5) is 0 Å². The van der Waals surface area contributed by atoms with Crippen LogP contribution < -0.4 is 0 Å². The van der Waals surface area contributed by atoms with Gasteiger partial charge in [-0.2, -0.15) is 0 Å². The number of hydrogen-bond acceptors (Lipinski definition) is 4. The summed E-state index contributed by atoms with van der Waals surface area (Å²) < 4.78 is 2.16. The lowest BCUT2D eigenvalue weighted by molar-refractivity contribution is -0.142. The molecule has 0 amide bonds. The van der Waals surface area contributed by atoms with E-state index in [9.17, 15) is 4.79 Å². The Hall–Kier alpha value is -1.43. The zero-order valence-corrected chi connectivity index (χ0v) is 11.2. The topological polar surface area (TPSA) is 71.2 Å². The number of aromatic nitrogens is 3. The van der Waals surface area contributed by atoms with Crippen LogP contribution in [-0.4, -0.2) is 50.4 Å². The highest BCUT2D eigenvalue weighted by atomic mass is 16.4. The molecule has 1 aromatic rings. The molecular weight excluding hydrogens is 244 g/mol. The van der Waals surface area contributed by atoms with Crippen LogP contribution in [0, 0.1) is 5.92 Å². The Bertz CT molecular complexity index is 485. The van der Waals surface area contributed by atoms with Gasteiger partial charge in [-0.1, -0.05) is 6.92 Å². The van der Waals surface area contributed by atoms with Gasteiger partial charge in [0.2, 0.25) is 0 Å². The van der Waals surface area contributed by atoms with Crippen molar-refractivity contribution in [3.05, 3.63) is 11.6 Å². The molecule has 6 nitrogen and oxygen atoms in total. The second kappa shape index (κ2) is 4.92. The number of carboxylic acids is 1. The summed E-state index contributed by atoms with van der Waals surface area (Å²) in [5.41, 5.74) is 0. The number of likely N-dealkylation sites (tertiary alicyclic amines) is 1. The van der Waals surface area contributed by atoms with Crippen LogP contribution in [0.5, 0.6) is 0 Å². The standard InChI is InChI=1S/C13H20N4O2/c1-2-16-5-3-10(8-16)12-15-14-11-7-9(13(18)19)4-6-17(11)12/h9-10H,2-8H2,1H3,(H,18,19). The minimum absolute atomic E-state index is 0.291. The Labute approximate surface area is 112 Å². The molecule has 2 aliphatic heterocycles. The molecule has 19 heavy (non-hydrogen) atoms. The van der Waals surface area contributed by atoms with Crippen molar-refractivity contribution in [2.24, 2.45) is 5.92 Å². The van der Waals surface area contributed by atoms with Crippen LogP contribution in [0.15, 0.2) is 0 Å². The number of likely N-dealkylation sites (N-methyl/N-ethyl adjacent to an activating group) is 1. The molecule has 0 saturated carbocycles. The highest BCUT2D eigenvalue weighted by molar-refractivity contribution is 5.70. The predicted molar refractivity (Wildman–Crippen MR) is 68.9 cm³/mol. The SMILES string of the molecule is CCN1CCC(c2nnc3n2CCC(C(=O)O)C3)C1. The zero-order valence-electron chi connectivity index (χ0n) is 11.2. The summed E-state index contributed by atoms with van der Waals surface area (Å²) in [5, 5.41) is 17.6. The summed E-state index contributed by atoms with van der Waals surface area (Å²) in [7, 11) is 0. The highest BCUT2D eigenvalue weighted by Crippen LogP contribution is 2.29. The molecule has 0 bridgehead atoms. The second-order valence-corrected chi connectivity index (χ2v) is 5.53. The average molecular weight is 264 g/mol. The first kappa shape index (κ1) is 12.6. The molecular formula is C13H20N4O2. The predicted octanol–water partition coefficient (Wildman–Crippen LogP) is 0.734. The number of aliphatic carboxylic acids is 1. The Morgan fingerprint density at radius 2 is 2.21 bits per heavy atom. The normalized spacial score (nSPS) is 27.4. The maximum absolute atomic E-state index is 11.0. The third-order valence-corrected chi connectivity index (χ3v) is 4.42. The molecule has 0 aromatic carbocycles. The van der Waals surface area contributed by atoms with E-state index >= 15 is 0 Å². The highest BCUT2D eigenvalue weighted by Gasteiger charge is 2.32. The van der Waals surface area contributed by atoms with Crippen LogP contribution in [0.3, 0.4) is 0 Å². The molecule has 1 saturated heterocycles. The molecule has 1 fully saturated rings. The van der Waals surface area contributed by atoms with Gasteiger partial charge in [-0.3, -0.25) is 4.79 Å². The molecule has 0 radical (unpaired) electrons. The van der Waals surface area contributed by atoms with Gasteiger partial charge >= 0.3 is 5.97 Å². The Morgan fingerprint density at radius 3 is 2.89 bits per heavy atom. The van der Waals surface area contributed by atoms with E-state index in [1.807, 2.05) is 0 Å². The summed E-state index contributed by atoms with van der Waals surface area (Å²) in [6, 6.07) is 0. The van der Waals surface area contributed by atoms with Crippen LogP contribution in [0.2, 0.25) is 0 Å². The zero-order chi connectivity index (χ0) is 13.4. The number of carbonyl (C=O) groups is 1. The molecule has 0 aliphatic carbocycles. The lowest BCUT2D eigenvalue weighted by Gasteiger charge is -2.22. The van der Waals surface area contributed by atoms with E-state index in [2.05, 4.69) is 26.6 Å². The van der Waals surface area contributed by atoms with Gasteiger partial charge in [-0.05, 0) is 25.9 Å². The number of fused-ring (bicyclic) bond motifs is 1. The molecule has 0 spiro atoms. The number of carboxylic acid groups (broad SMARTS) is 1. The molecule has 3 heterocycles. The summed E-state index contributed by atoms with van der Waals surface area (Å²) in [6.07, 6.45) is 2.35. The smallest absolute Gasteiger partial charge is 0.307 e. The van der Waals surface area contributed by atoms with Gasteiger partial charge in [0.1, 0.15) is 11.6 Å². The van der Waals surface area contributed by atoms with Gasteiger partial charge in [-0.15, -0.1) is 10.2 Å². The van der Waals surface area contributed by atoms with Crippen molar-refractivity contribution in [3.8, 4) is 0 Å². The van der Waals surface area contributed by atoms with E-state index in [0.717, 1.165) is 44.2 Å². The van der Waals surface area contributed by atoms with E-state index in [4.69, 9.17) is 5.11 Å². The van der Waals surface area contributed by atoms with Gasteiger partial charge < -0.3 is 14.6 Å². The van der Waals surface area contributed by atoms with E-state index in [1.54, 1.807) is 0 Å². The quantitative estimate of drug-likeness (QED) is 0.871. The molecule has 2 aliphatic rings. The Balaban J connectivity index is 1.78. The molecule has 2 atom stereocenters. The molecule has 1 aromatic heterocycles. The van der Waals surface area contributed by atoms with Gasteiger partial charge in [0, 0.05) is 25.4 Å². The second-order valence-electron chi connectivity index (χ2n) is 5.53. The molecule has 2 unspecified atom stereocenters. The fourth-order valence-corrected chi connectivity index (χ4v) is 3.19. The van der Waals surface area contributed by atoms with E-state index in [0.29, 0.717) is 18.8 Å².